The van der Waals surface area contributed by atoms with Gasteiger partial charge in [-0.2, -0.15) is 0 Å². The van der Waals surface area contributed by atoms with Crippen LogP contribution in [-0.4, -0.2) is 0 Å². The molecule has 1 fully saturated rings. The van der Waals surface area contributed by atoms with Crippen molar-refractivity contribution in [1.82, 2.24) is 0 Å². The maximum absolute atomic E-state index is 2.80. The Hall–Kier alpha value is 0.423. The van der Waals surface area contributed by atoms with E-state index in [9.17, 15) is 0 Å². The van der Waals surface area contributed by atoms with Crippen LogP contribution in [0.4, 0.5) is 0 Å². The first-order chi connectivity index (χ1) is 12.3. The second-order valence-corrected chi connectivity index (χ2v) is 19.8. The molecule has 0 aromatic heterocycles. The topological polar surface area (TPSA) is 0 Å². The van der Waals surface area contributed by atoms with Crippen molar-refractivity contribution in [2.45, 2.75) is 86.3 Å². The molecule has 0 aromatic carbocycles. The number of hydrogen-bond donors (Lipinski definition) is 0. The van der Waals surface area contributed by atoms with Gasteiger partial charge in [-0.25, -0.2) is 0 Å². The molecule has 1 saturated heterocycles. The third kappa shape index (κ3) is 3.47. The smallest absolute Gasteiger partial charge is 1.00 e. The van der Waals surface area contributed by atoms with Crippen LogP contribution in [0.15, 0.2) is 41.0 Å². The number of rotatable bonds is 4. The Bertz CT molecular complexity index is 663. The molecule has 0 amide bonds. The minimum absolute atomic E-state index is 0. The molecule has 0 saturated carbocycles. The first-order valence-electron chi connectivity index (χ1n) is 11.2. The van der Waals surface area contributed by atoms with Gasteiger partial charge < -0.3 is 24.8 Å². The van der Waals surface area contributed by atoms with Crippen molar-refractivity contribution in [2.75, 3.05) is 0 Å². The third-order valence-electron chi connectivity index (χ3n) is 8.03. The zero-order valence-corrected chi connectivity index (χ0v) is 21.0. The summed E-state index contributed by atoms with van der Waals surface area (Å²) in [6, 6.07) is 0. The number of hydrogen-bond acceptors (Lipinski definition) is 0. The van der Waals surface area contributed by atoms with E-state index in [4.69, 9.17) is 0 Å². The van der Waals surface area contributed by atoms with Crippen molar-refractivity contribution >= 4 is 0 Å². The summed E-state index contributed by atoms with van der Waals surface area (Å²) in [5, 5.41) is 0. The fraction of sp³-hybridized carbons (Fsp3) is 0.667. The summed E-state index contributed by atoms with van der Waals surface area (Å²) in [5.74, 6) is 1.76. The van der Waals surface area contributed by atoms with E-state index >= 15 is 0 Å². The van der Waals surface area contributed by atoms with Crippen LogP contribution >= 0.6 is 0 Å². The van der Waals surface area contributed by atoms with E-state index in [1.165, 1.54) is 64.2 Å². The molecule has 1 heterocycles. The Kier molecular flexibility index (Phi) is 7.09. The molecule has 0 aromatic rings. The largest absolute Gasteiger partial charge is 1.00 e. The first-order valence-corrected chi connectivity index (χ1v) is 17.1. The molecule has 0 nitrogen and oxygen atoms in total. The van der Waals surface area contributed by atoms with Crippen LogP contribution in [0.1, 0.15) is 78.1 Å². The second-order valence-electron chi connectivity index (χ2n) is 9.22. The molecule has 0 spiro atoms. The van der Waals surface area contributed by atoms with Crippen molar-refractivity contribution in [2.24, 2.45) is 11.8 Å². The monoisotopic (exact) mass is 482 g/mol. The molecule has 5 aliphatic rings. The summed E-state index contributed by atoms with van der Waals surface area (Å²) in [4.78, 5) is 0. The van der Waals surface area contributed by atoms with Gasteiger partial charge in [-0.15, -0.1) is 0 Å². The molecular formula is C24H34Cl2Zr. The van der Waals surface area contributed by atoms with Gasteiger partial charge in [0.2, 0.25) is 0 Å². The Morgan fingerprint density at radius 2 is 1.11 bits per heavy atom. The average Bonchev–Trinajstić information content (AvgIpc) is 3.23. The fourth-order valence-corrected chi connectivity index (χ4v) is 22.0. The average molecular weight is 485 g/mol. The molecule has 148 valence electrons. The predicted molar refractivity (Wildman–Crippen MR) is 104 cm³/mol. The van der Waals surface area contributed by atoms with Crippen LogP contribution in [0, 0.1) is 11.8 Å². The molecule has 3 heteroatoms. The summed E-state index contributed by atoms with van der Waals surface area (Å²) < 4.78 is 7.41. The molecule has 0 radical (unpaired) electrons. The van der Waals surface area contributed by atoms with E-state index in [2.05, 4.69) is 32.6 Å². The van der Waals surface area contributed by atoms with Gasteiger partial charge in [0.1, 0.15) is 0 Å². The maximum atomic E-state index is 2.80. The molecule has 0 unspecified atom stereocenters. The minimum atomic E-state index is -2.19. The Morgan fingerprint density at radius 1 is 0.704 bits per heavy atom. The van der Waals surface area contributed by atoms with E-state index in [1.54, 1.807) is 19.4 Å². The Labute approximate surface area is 183 Å². The zero-order chi connectivity index (χ0) is 17.0. The summed E-state index contributed by atoms with van der Waals surface area (Å²) in [6.45, 7) is 4.93. The Balaban J connectivity index is 0.00000105. The molecule has 0 N–H and O–H groups in total. The van der Waals surface area contributed by atoms with Gasteiger partial charge in [-0.3, -0.25) is 0 Å². The molecule has 4 aliphatic carbocycles. The SMILES string of the molecule is CC[C@@H]1[C]([Zr+2]2([C]3=CC4=C(CCCC4)[C@H]3CC)[CH2][CH2]2)=CC2=C1CCCC2.[Cl-].[Cl-]. The van der Waals surface area contributed by atoms with Crippen molar-refractivity contribution in [3.8, 4) is 0 Å². The van der Waals surface area contributed by atoms with Crippen LogP contribution < -0.4 is 24.8 Å². The van der Waals surface area contributed by atoms with Crippen LogP contribution in [0.2, 0.25) is 8.26 Å². The van der Waals surface area contributed by atoms with Crippen LogP contribution in [-0.2, 0) is 20.3 Å². The van der Waals surface area contributed by atoms with Gasteiger partial charge in [0, 0.05) is 0 Å². The van der Waals surface area contributed by atoms with Gasteiger partial charge in [-0.05, 0) is 0 Å². The molecular weight excluding hydrogens is 450 g/mol. The van der Waals surface area contributed by atoms with E-state index in [1.807, 2.05) is 11.1 Å². The molecule has 5 rings (SSSR count). The van der Waals surface area contributed by atoms with Crippen LogP contribution in [0.5, 0.6) is 0 Å². The molecule has 2 atom stereocenters. The molecule has 0 bridgehead atoms. The molecule has 1 aliphatic heterocycles. The maximum Gasteiger partial charge on any atom is -1.00 e. The number of allylic oxidation sites excluding steroid dienone is 8. The van der Waals surface area contributed by atoms with Gasteiger partial charge in [0.15, 0.2) is 0 Å². The van der Waals surface area contributed by atoms with Gasteiger partial charge >= 0.3 is 159 Å². The van der Waals surface area contributed by atoms with E-state index in [-0.39, 0.29) is 24.8 Å². The third-order valence-corrected chi connectivity index (χ3v) is 19.6. The molecule has 27 heavy (non-hydrogen) atoms. The van der Waals surface area contributed by atoms with Crippen molar-refractivity contribution < 1.29 is 45.1 Å². The number of halogens is 2. The van der Waals surface area contributed by atoms with Crippen molar-refractivity contribution in [1.29, 1.82) is 0 Å². The second kappa shape index (κ2) is 8.65. The zero-order valence-electron chi connectivity index (χ0n) is 17.1. The first kappa shape index (κ1) is 22.1. The van der Waals surface area contributed by atoms with E-state index in [0.717, 1.165) is 11.8 Å². The normalized spacial score (nSPS) is 29.6. The van der Waals surface area contributed by atoms with E-state index in [0.29, 0.717) is 0 Å². The van der Waals surface area contributed by atoms with Gasteiger partial charge in [-0.1, -0.05) is 0 Å². The van der Waals surface area contributed by atoms with Gasteiger partial charge in [0.25, 0.3) is 0 Å². The summed E-state index contributed by atoms with van der Waals surface area (Å²) in [7, 11) is 0. The summed E-state index contributed by atoms with van der Waals surface area (Å²) in [6.07, 6.45) is 19.8. The van der Waals surface area contributed by atoms with Crippen molar-refractivity contribution in [3.63, 3.8) is 0 Å². The van der Waals surface area contributed by atoms with Crippen LogP contribution in [0.3, 0.4) is 0 Å². The van der Waals surface area contributed by atoms with Crippen molar-refractivity contribution in [3.05, 3.63) is 41.0 Å². The summed E-state index contributed by atoms with van der Waals surface area (Å²) in [5.41, 5.74) is 7.41. The quantitative estimate of drug-likeness (QED) is 0.569. The summed E-state index contributed by atoms with van der Waals surface area (Å²) >= 11 is -2.19. The Morgan fingerprint density at radius 3 is 1.48 bits per heavy atom. The fourth-order valence-electron chi connectivity index (χ4n) is 6.73. The van der Waals surface area contributed by atoms with Crippen LogP contribution in [0.25, 0.3) is 0 Å². The minimum Gasteiger partial charge on any atom is -1.00 e. The van der Waals surface area contributed by atoms with Gasteiger partial charge in [0.05, 0.1) is 0 Å². The standard InChI is InChI=1S/2C11H15.C2H4.2ClH.Zr/c2*1-2-9-7-8-10-5-3-4-6-11(9)10;1-2;;;/h2*8-9H,2-6H2,1H3;1-2H2;2*1H;/q;;;;;+2/p-2/t2*9-;;;;/m10..../s1. The predicted octanol–water partition coefficient (Wildman–Crippen LogP) is 1.59. The van der Waals surface area contributed by atoms with E-state index < -0.39 is 20.3 Å².